The molecule has 4 heterocycles. The van der Waals surface area contributed by atoms with Gasteiger partial charge in [0.2, 0.25) is 11.8 Å². The molecule has 3 aromatic rings. The summed E-state index contributed by atoms with van der Waals surface area (Å²) in [5.41, 5.74) is 1.21. The van der Waals surface area contributed by atoms with Crippen LogP contribution in [0.4, 0.5) is 5.95 Å². The summed E-state index contributed by atoms with van der Waals surface area (Å²) in [4.78, 5) is 14.8. The molecule has 25 heavy (non-hydrogen) atoms. The number of nitrogens with zero attached hydrogens (tertiary/aromatic N) is 7. The lowest BCUT2D eigenvalue weighted by atomic mass is 9.98. The summed E-state index contributed by atoms with van der Waals surface area (Å²) >= 11 is 0. The Kier molecular flexibility index (Phi) is 4.12. The molecule has 0 N–H and O–H groups in total. The van der Waals surface area contributed by atoms with Gasteiger partial charge >= 0.3 is 0 Å². The average Bonchev–Trinajstić information content (AvgIpc) is 3.14. The number of hydrogen-bond acceptors (Lipinski definition) is 7. The fourth-order valence-electron chi connectivity index (χ4n) is 2.94. The zero-order valence-electron chi connectivity index (χ0n) is 13.6. The van der Waals surface area contributed by atoms with Crippen molar-refractivity contribution >= 4 is 11.6 Å². The monoisotopic (exact) mass is 335 g/mol. The van der Waals surface area contributed by atoms with Gasteiger partial charge < -0.3 is 9.64 Å². The average molecular weight is 335 g/mol. The van der Waals surface area contributed by atoms with E-state index in [0.29, 0.717) is 30.0 Å². The summed E-state index contributed by atoms with van der Waals surface area (Å²) in [6.07, 6.45) is 7.14. The number of hydrogen-bond donors (Lipinski definition) is 0. The molecule has 0 saturated carbocycles. The quantitative estimate of drug-likeness (QED) is 0.716. The van der Waals surface area contributed by atoms with Crippen LogP contribution in [0.15, 0.2) is 36.8 Å². The second-order valence-corrected chi connectivity index (χ2v) is 6.00. The highest BCUT2D eigenvalue weighted by molar-refractivity contribution is 5.37. The van der Waals surface area contributed by atoms with Gasteiger partial charge in [0.1, 0.15) is 11.8 Å². The number of nitriles is 1. The zero-order valence-corrected chi connectivity index (χ0v) is 13.6. The Hall–Kier alpha value is -3.21. The van der Waals surface area contributed by atoms with E-state index in [9.17, 15) is 0 Å². The maximum atomic E-state index is 8.95. The lowest BCUT2D eigenvalue weighted by Crippen LogP contribution is -2.36. The minimum Gasteiger partial charge on any atom is -0.476 e. The van der Waals surface area contributed by atoms with Gasteiger partial charge in [-0.2, -0.15) is 5.26 Å². The van der Waals surface area contributed by atoms with E-state index in [2.05, 4.69) is 31.0 Å². The molecular weight excluding hydrogens is 318 g/mol. The van der Waals surface area contributed by atoms with Gasteiger partial charge in [-0.05, 0) is 30.9 Å². The molecule has 1 fully saturated rings. The van der Waals surface area contributed by atoms with E-state index in [1.54, 1.807) is 29.2 Å². The predicted octanol–water partition coefficient (Wildman–Crippen LogP) is 1.69. The standard InChI is InChI=1S/C17H17N7O/c18-11-14-3-6-20-17(21-14)23-8-4-13(5-9-23)12-25-16-2-1-15-19-7-10-24(15)22-16/h1-3,6-7,10,13H,4-5,8-9,12H2. The highest BCUT2D eigenvalue weighted by Crippen LogP contribution is 2.21. The number of imidazole rings is 1. The van der Waals surface area contributed by atoms with E-state index in [1.807, 2.05) is 12.1 Å². The van der Waals surface area contributed by atoms with Gasteiger partial charge in [0, 0.05) is 37.7 Å². The molecule has 1 saturated heterocycles. The van der Waals surface area contributed by atoms with Gasteiger partial charge in [-0.25, -0.2) is 19.5 Å². The third-order valence-corrected chi connectivity index (χ3v) is 4.35. The number of aromatic nitrogens is 5. The summed E-state index contributed by atoms with van der Waals surface area (Å²) in [7, 11) is 0. The predicted molar refractivity (Wildman–Crippen MR) is 90.2 cm³/mol. The Balaban J connectivity index is 1.32. The molecule has 0 radical (unpaired) electrons. The highest BCUT2D eigenvalue weighted by atomic mass is 16.5. The number of ether oxygens (including phenoxy) is 1. The van der Waals surface area contributed by atoms with Crippen LogP contribution < -0.4 is 9.64 Å². The van der Waals surface area contributed by atoms with Crippen molar-refractivity contribution in [1.82, 2.24) is 24.6 Å². The molecule has 0 spiro atoms. The van der Waals surface area contributed by atoms with Crippen molar-refractivity contribution in [3.05, 3.63) is 42.5 Å². The Morgan fingerprint density at radius 1 is 1.16 bits per heavy atom. The fourth-order valence-corrected chi connectivity index (χ4v) is 2.94. The topological polar surface area (TPSA) is 92.2 Å². The van der Waals surface area contributed by atoms with E-state index in [1.165, 1.54) is 0 Å². The molecule has 3 aromatic heterocycles. The molecule has 4 rings (SSSR count). The minimum absolute atomic E-state index is 0.399. The Bertz CT molecular complexity index is 909. The van der Waals surface area contributed by atoms with Gasteiger partial charge in [-0.1, -0.05) is 0 Å². The lowest BCUT2D eigenvalue weighted by molar-refractivity contribution is 0.213. The number of anilines is 1. The van der Waals surface area contributed by atoms with Crippen molar-refractivity contribution in [2.75, 3.05) is 24.6 Å². The number of rotatable bonds is 4. The molecule has 1 aliphatic rings. The molecule has 0 aromatic carbocycles. The molecule has 8 heteroatoms. The van der Waals surface area contributed by atoms with Crippen LogP contribution in [0.25, 0.3) is 5.65 Å². The first-order valence-electron chi connectivity index (χ1n) is 8.23. The van der Waals surface area contributed by atoms with E-state index >= 15 is 0 Å². The second-order valence-electron chi connectivity index (χ2n) is 6.00. The van der Waals surface area contributed by atoms with Gasteiger partial charge in [-0.15, -0.1) is 5.10 Å². The number of piperidine rings is 1. The van der Waals surface area contributed by atoms with Gasteiger partial charge in [-0.3, -0.25) is 0 Å². The summed E-state index contributed by atoms with van der Waals surface area (Å²) < 4.78 is 7.55. The largest absolute Gasteiger partial charge is 0.476 e. The number of fused-ring (bicyclic) bond motifs is 1. The summed E-state index contributed by atoms with van der Waals surface area (Å²) in [6.45, 7) is 2.36. The molecule has 0 atom stereocenters. The Labute approximate surface area is 144 Å². The summed E-state index contributed by atoms with van der Waals surface area (Å²) in [6, 6.07) is 7.41. The Morgan fingerprint density at radius 2 is 2.04 bits per heavy atom. The van der Waals surface area contributed by atoms with E-state index < -0.39 is 0 Å². The van der Waals surface area contributed by atoms with Crippen molar-refractivity contribution in [1.29, 1.82) is 5.26 Å². The molecule has 126 valence electrons. The van der Waals surface area contributed by atoms with Crippen LogP contribution >= 0.6 is 0 Å². The normalized spacial score (nSPS) is 15.2. The molecule has 0 bridgehead atoms. The van der Waals surface area contributed by atoms with Crippen LogP contribution in [0.3, 0.4) is 0 Å². The van der Waals surface area contributed by atoms with Crippen LogP contribution in [-0.2, 0) is 0 Å². The summed E-state index contributed by atoms with van der Waals surface area (Å²) in [5, 5.41) is 13.3. The molecule has 8 nitrogen and oxygen atoms in total. The first-order chi connectivity index (χ1) is 12.3. The van der Waals surface area contributed by atoms with Crippen LogP contribution in [0.1, 0.15) is 18.5 Å². The molecule has 1 aliphatic heterocycles. The Morgan fingerprint density at radius 3 is 2.88 bits per heavy atom. The fraction of sp³-hybridized carbons (Fsp3) is 0.353. The lowest BCUT2D eigenvalue weighted by Gasteiger charge is -2.31. The van der Waals surface area contributed by atoms with Crippen molar-refractivity contribution < 1.29 is 4.74 Å². The zero-order chi connectivity index (χ0) is 17.1. The smallest absolute Gasteiger partial charge is 0.231 e. The molecule has 0 aliphatic carbocycles. The first-order valence-corrected chi connectivity index (χ1v) is 8.23. The van der Waals surface area contributed by atoms with Gasteiger partial charge in [0.05, 0.1) is 6.61 Å². The molecule has 0 amide bonds. The van der Waals surface area contributed by atoms with Crippen molar-refractivity contribution in [3.63, 3.8) is 0 Å². The highest BCUT2D eigenvalue weighted by Gasteiger charge is 2.22. The van der Waals surface area contributed by atoms with Crippen LogP contribution in [0.2, 0.25) is 0 Å². The first kappa shape index (κ1) is 15.3. The van der Waals surface area contributed by atoms with Crippen LogP contribution in [0, 0.1) is 17.2 Å². The maximum Gasteiger partial charge on any atom is 0.231 e. The van der Waals surface area contributed by atoms with Crippen molar-refractivity contribution in [2.24, 2.45) is 5.92 Å². The van der Waals surface area contributed by atoms with Crippen LogP contribution in [0.5, 0.6) is 5.88 Å². The SMILES string of the molecule is N#Cc1ccnc(N2CCC(COc3ccc4nccn4n3)CC2)n1. The van der Waals surface area contributed by atoms with Gasteiger partial charge in [0.25, 0.3) is 0 Å². The van der Waals surface area contributed by atoms with Gasteiger partial charge in [0.15, 0.2) is 5.65 Å². The third kappa shape index (κ3) is 3.35. The van der Waals surface area contributed by atoms with E-state index in [4.69, 9.17) is 10.00 Å². The third-order valence-electron chi connectivity index (χ3n) is 4.35. The minimum atomic E-state index is 0.399. The second kappa shape index (κ2) is 6.73. The maximum absolute atomic E-state index is 8.95. The summed E-state index contributed by atoms with van der Waals surface area (Å²) in [5.74, 6) is 1.71. The van der Waals surface area contributed by atoms with E-state index in [-0.39, 0.29) is 0 Å². The van der Waals surface area contributed by atoms with Crippen LogP contribution in [-0.4, -0.2) is 44.3 Å². The molecule has 0 unspecified atom stereocenters. The van der Waals surface area contributed by atoms with Crippen molar-refractivity contribution in [3.8, 4) is 11.9 Å². The van der Waals surface area contributed by atoms with E-state index in [0.717, 1.165) is 31.6 Å². The van der Waals surface area contributed by atoms with Crippen molar-refractivity contribution in [2.45, 2.75) is 12.8 Å². The molecular formula is C17H17N7O.